The van der Waals surface area contributed by atoms with E-state index in [1.54, 1.807) is 6.20 Å². The fourth-order valence-electron chi connectivity index (χ4n) is 1.26. The number of hydrogen-bond acceptors (Lipinski definition) is 4. The van der Waals surface area contributed by atoms with E-state index in [0.29, 0.717) is 5.56 Å². The van der Waals surface area contributed by atoms with Gasteiger partial charge in [0.1, 0.15) is 0 Å². The molecule has 0 amide bonds. The Morgan fingerprint density at radius 3 is 3.17 bits per heavy atom. The van der Waals surface area contributed by atoms with Crippen LogP contribution in [0.1, 0.15) is 18.6 Å². The van der Waals surface area contributed by atoms with Crippen molar-refractivity contribution in [2.24, 2.45) is 0 Å². The van der Waals surface area contributed by atoms with Crippen molar-refractivity contribution in [3.63, 3.8) is 0 Å². The van der Waals surface area contributed by atoms with Crippen LogP contribution in [0.25, 0.3) is 0 Å². The number of aliphatic hydroxyl groups excluding tert-OH is 1. The standard InChI is InChI=1S/C7H8N2O2S/c1-3-6(10)5-4(12-3)2-8-9-7(5)11/h2-3,6,10H,1H3,(H,9,11). The van der Waals surface area contributed by atoms with Gasteiger partial charge in [0.25, 0.3) is 5.56 Å². The summed E-state index contributed by atoms with van der Waals surface area (Å²) in [5, 5.41) is 15.6. The predicted molar refractivity (Wildman–Crippen MR) is 45.1 cm³/mol. The number of nitrogens with zero attached hydrogens (tertiary/aromatic N) is 1. The molecule has 64 valence electrons. The van der Waals surface area contributed by atoms with Crippen LogP contribution in [0, 0.1) is 0 Å². The lowest BCUT2D eigenvalue weighted by atomic mass is 10.1. The lowest BCUT2D eigenvalue weighted by Crippen LogP contribution is -2.18. The van der Waals surface area contributed by atoms with Gasteiger partial charge in [-0.3, -0.25) is 4.79 Å². The first-order chi connectivity index (χ1) is 5.70. The van der Waals surface area contributed by atoms with E-state index in [-0.39, 0.29) is 10.8 Å². The van der Waals surface area contributed by atoms with Crippen LogP contribution in [-0.2, 0) is 0 Å². The highest BCUT2D eigenvalue weighted by Gasteiger charge is 2.31. The van der Waals surface area contributed by atoms with Crippen LogP contribution in [0.5, 0.6) is 0 Å². The van der Waals surface area contributed by atoms with E-state index in [1.165, 1.54) is 11.8 Å². The molecule has 0 bridgehead atoms. The molecule has 1 aromatic heterocycles. The van der Waals surface area contributed by atoms with Crippen molar-refractivity contribution in [1.82, 2.24) is 10.2 Å². The maximum atomic E-state index is 11.2. The first-order valence-corrected chi connectivity index (χ1v) is 4.50. The third-order valence-corrected chi connectivity index (χ3v) is 3.12. The predicted octanol–water partition coefficient (Wildman–Crippen LogP) is 0.297. The Morgan fingerprint density at radius 2 is 2.50 bits per heavy atom. The average Bonchev–Trinajstić information content (AvgIpc) is 2.29. The Balaban J connectivity index is 2.62. The highest BCUT2D eigenvalue weighted by atomic mass is 32.2. The number of fused-ring (bicyclic) bond motifs is 1. The summed E-state index contributed by atoms with van der Waals surface area (Å²) in [5.74, 6) is 0. The highest BCUT2D eigenvalue weighted by Crippen LogP contribution is 2.40. The van der Waals surface area contributed by atoms with Gasteiger partial charge in [-0.2, -0.15) is 5.10 Å². The van der Waals surface area contributed by atoms with Gasteiger partial charge in [0.05, 0.1) is 17.9 Å². The van der Waals surface area contributed by atoms with E-state index in [0.717, 1.165) is 4.90 Å². The van der Waals surface area contributed by atoms with Gasteiger partial charge in [-0.15, -0.1) is 11.8 Å². The lowest BCUT2D eigenvalue weighted by molar-refractivity contribution is 0.179. The molecule has 1 aliphatic rings. The van der Waals surface area contributed by atoms with Crippen LogP contribution >= 0.6 is 11.8 Å². The normalized spacial score (nSPS) is 27.2. The zero-order valence-corrected chi connectivity index (χ0v) is 7.26. The smallest absolute Gasteiger partial charge is 0.271 e. The molecule has 0 aliphatic carbocycles. The fourth-order valence-corrected chi connectivity index (χ4v) is 2.38. The van der Waals surface area contributed by atoms with Crippen molar-refractivity contribution < 1.29 is 5.11 Å². The van der Waals surface area contributed by atoms with Crippen LogP contribution in [0.15, 0.2) is 15.9 Å². The molecule has 2 unspecified atom stereocenters. The van der Waals surface area contributed by atoms with Crippen LogP contribution in [0.4, 0.5) is 0 Å². The minimum absolute atomic E-state index is 0.0466. The maximum Gasteiger partial charge on any atom is 0.271 e. The number of aromatic nitrogens is 2. The summed E-state index contributed by atoms with van der Waals surface area (Å²) in [6.45, 7) is 1.88. The monoisotopic (exact) mass is 184 g/mol. The first kappa shape index (κ1) is 7.82. The van der Waals surface area contributed by atoms with Gasteiger partial charge in [0.15, 0.2) is 0 Å². The van der Waals surface area contributed by atoms with E-state index >= 15 is 0 Å². The minimum Gasteiger partial charge on any atom is -0.387 e. The molecule has 1 aromatic rings. The van der Waals surface area contributed by atoms with E-state index in [4.69, 9.17) is 0 Å². The summed E-state index contributed by atoms with van der Waals surface area (Å²) in [4.78, 5) is 12.0. The van der Waals surface area contributed by atoms with Crippen LogP contribution in [0.3, 0.4) is 0 Å². The molecular weight excluding hydrogens is 176 g/mol. The van der Waals surface area contributed by atoms with Gasteiger partial charge in [0.2, 0.25) is 0 Å². The Bertz CT molecular complexity index is 363. The number of rotatable bonds is 0. The average molecular weight is 184 g/mol. The number of H-pyrrole nitrogens is 1. The largest absolute Gasteiger partial charge is 0.387 e. The third kappa shape index (κ3) is 0.971. The fraction of sp³-hybridized carbons (Fsp3) is 0.429. The Morgan fingerprint density at radius 1 is 1.75 bits per heavy atom. The molecule has 2 heterocycles. The lowest BCUT2D eigenvalue weighted by Gasteiger charge is -2.04. The SMILES string of the molecule is CC1Sc2cn[nH]c(=O)c2C1O. The molecule has 2 N–H and O–H groups in total. The van der Waals surface area contributed by atoms with Gasteiger partial charge in [-0.05, 0) is 0 Å². The van der Waals surface area contributed by atoms with Crippen molar-refractivity contribution in [1.29, 1.82) is 0 Å². The Labute approximate surface area is 73.0 Å². The molecule has 2 atom stereocenters. The molecule has 0 fully saturated rings. The molecule has 0 aromatic carbocycles. The minimum atomic E-state index is -0.656. The molecule has 0 saturated carbocycles. The summed E-state index contributed by atoms with van der Waals surface area (Å²) in [7, 11) is 0. The molecule has 5 heteroatoms. The van der Waals surface area contributed by atoms with E-state index in [9.17, 15) is 9.90 Å². The van der Waals surface area contributed by atoms with Crippen LogP contribution in [-0.4, -0.2) is 20.6 Å². The topological polar surface area (TPSA) is 66.0 Å². The summed E-state index contributed by atoms with van der Waals surface area (Å²) in [6, 6.07) is 0. The van der Waals surface area contributed by atoms with Crippen LogP contribution in [0.2, 0.25) is 0 Å². The van der Waals surface area contributed by atoms with E-state index < -0.39 is 6.10 Å². The van der Waals surface area contributed by atoms with Crippen molar-refractivity contribution in [2.45, 2.75) is 23.2 Å². The second-order valence-corrected chi connectivity index (χ2v) is 4.16. The second kappa shape index (κ2) is 2.60. The molecule has 12 heavy (non-hydrogen) atoms. The summed E-state index contributed by atoms with van der Waals surface area (Å²) in [5.41, 5.74) is 0.180. The Kier molecular flexibility index (Phi) is 1.69. The van der Waals surface area contributed by atoms with E-state index in [1.807, 2.05) is 6.92 Å². The van der Waals surface area contributed by atoms with Crippen molar-refractivity contribution in [3.05, 3.63) is 22.1 Å². The summed E-state index contributed by atoms with van der Waals surface area (Å²) < 4.78 is 0. The number of nitrogens with one attached hydrogen (secondary N) is 1. The quantitative estimate of drug-likeness (QED) is 0.608. The van der Waals surface area contributed by atoms with Gasteiger partial charge in [-0.25, -0.2) is 5.10 Å². The van der Waals surface area contributed by atoms with Gasteiger partial charge in [-0.1, -0.05) is 6.92 Å². The Hall–Kier alpha value is -0.810. The molecule has 4 nitrogen and oxygen atoms in total. The van der Waals surface area contributed by atoms with Crippen LogP contribution < -0.4 is 5.56 Å². The van der Waals surface area contributed by atoms with Crippen molar-refractivity contribution in [2.75, 3.05) is 0 Å². The van der Waals surface area contributed by atoms with Gasteiger partial charge >= 0.3 is 0 Å². The zero-order chi connectivity index (χ0) is 8.72. The molecule has 0 spiro atoms. The molecule has 0 saturated heterocycles. The number of thioether (sulfide) groups is 1. The maximum absolute atomic E-state index is 11.2. The molecule has 2 rings (SSSR count). The van der Waals surface area contributed by atoms with E-state index in [2.05, 4.69) is 10.2 Å². The van der Waals surface area contributed by atoms with Gasteiger partial charge < -0.3 is 5.11 Å². The first-order valence-electron chi connectivity index (χ1n) is 3.62. The highest BCUT2D eigenvalue weighted by molar-refractivity contribution is 8.00. The number of aromatic amines is 1. The molecule has 1 aliphatic heterocycles. The number of aliphatic hydroxyl groups is 1. The van der Waals surface area contributed by atoms with Gasteiger partial charge in [0, 0.05) is 10.1 Å². The van der Waals surface area contributed by atoms with Crippen molar-refractivity contribution in [3.8, 4) is 0 Å². The van der Waals surface area contributed by atoms with Crippen molar-refractivity contribution >= 4 is 11.8 Å². The molecule has 0 radical (unpaired) electrons. The number of hydrogen-bond donors (Lipinski definition) is 2. The summed E-state index contributed by atoms with van der Waals surface area (Å²) in [6.07, 6.45) is 0.922. The third-order valence-electron chi connectivity index (χ3n) is 1.91. The second-order valence-electron chi connectivity index (χ2n) is 2.74. The molecular formula is C7H8N2O2S. The summed E-state index contributed by atoms with van der Waals surface area (Å²) >= 11 is 1.48. The zero-order valence-electron chi connectivity index (χ0n) is 6.44.